The first-order chi connectivity index (χ1) is 14.4. The summed E-state index contributed by atoms with van der Waals surface area (Å²) in [5.74, 6) is -1.24. The molecule has 2 heterocycles. The van der Waals surface area contributed by atoms with E-state index in [-0.39, 0.29) is 18.2 Å². The van der Waals surface area contributed by atoms with Gasteiger partial charge in [0.1, 0.15) is 5.00 Å². The predicted octanol–water partition coefficient (Wildman–Crippen LogP) is 3.72. The molecule has 1 aliphatic heterocycles. The number of amides is 3. The Kier molecular flexibility index (Phi) is 5.64. The third kappa shape index (κ3) is 3.74. The molecule has 1 aromatic carbocycles. The number of nitrogens with two attached hydrogens (primary N) is 1. The van der Waals surface area contributed by atoms with E-state index in [0.717, 1.165) is 59.4 Å². The minimum Gasteiger partial charge on any atom is -0.365 e. The molecule has 3 N–H and O–H groups in total. The Balaban J connectivity index is 1.55. The van der Waals surface area contributed by atoms with Crippen molar-refractivity contribution in [3.8, 4) is 0 Å². The van der Waals surface area contributed by atoms with Gasteiger partial charge in [0.2, 0.25) is 11.8 Å². The van der Waals surface area contributed by atoms with Gasteiger partial charge in [-0.15, -0.1) is 11.3 Å². The zero-order valence-corrected chi connectivity index (χ0v) is 18.2. The lowest BCUT2D eigenvalue weighted by atomic mass is 10.0. The van der Waals surface area contributed by atoms with Crippen LogP contribution in [-0.4, -0.2) is 24.3 Å². The van der Waals surface area contributed by atoms with Gasteiger partial charge in [-0.05, 0) is 62.3 Å². The zero-order valence-electron chi connectivity index (χ0n) is 17.4. The minimum absolute atomic E-state index is 0.0547. The molecule has 1 atom stereocenters. The first kappa shape index (κ1) is 20.6. The summed E-state index contributed by atoms with van der Waals surface area (Å²) in [5, 5.41) is 3.47. The standard InChI is InChI=1S/C23H27N3O3S/c1-13-7-6-9-17(14(13)2)26-12-15(11-19(26)27)22(29)25-23-20(21(24)28)16-8-4-3-5-10-18(16)30-23/h6-7,9,15H,3-5,8,10-12H2,1-2H3,(H2,24,28)(H,25,29). The molecule has 0 radical (unpaired) electrons. The monoisotopic (exact) mass is 425 g/mol. The third-order valence-corrected chi connectivity index (χ3v) is 7.47. The van der Waals surface area contributed by atoms with Crippen LogP contribution in [0, 0.1) is 19.8 Å². The molecule has 2 aromatic rings. The third-order valence-electron chi connectivity index (χ3n) is 6.27. The van der Waals surface area contributed by atoms with E-state index in [9.17, 15) is 14.4 Å². The van der Waals surface area contributed by atoms with Crippen LogP contribution in [0.25, 0.3) is 0 Å². The van der Waals surface area contributed by atoms with Gasteiger partial charge in [-0.25, -0.2) is 0 Å². The number of rotatable bonds is 4. The predicted molar refractivity (Wildman–Crippen MR) is 119 cm³/mol. The fourth-order valence-electron chi connectivity index (χ4n) is 4.45. The maximum Gasteiger partial charge on any atom is 0.251 e. The van der Waals surface area contributed by atoms with Crippen molar-refractivity contribution in [2.45, 2.75) is 52.4 Å². The molecule has 4 rings (SSSR count). The average Bonchev–Trinajstić information content (AvgIpc) is 3.16. The Morgan fingerprint density at radius 2 is 1.93 bits per heavy atom. The van der Waals surface area contributed by atoms with Gasteiger partial charge in [-0.1, -0.05) is 18.6 Å². The molecular formula is C23H27N3O3S. The second-order valence-electron chi connectivity index (χ2n) is 8.25. The van der Waals surface area contributed by atoms with Crippen molar-refractivity contribution in [2.75, 3.05) is 16.8 Å². The molecule has 2 aliphatic rings. The fourth-order valence-corrected chi connectivity index (χ4v) is 5.75. The zero-order chi connectivity index (χ0) is 21.4. The molecule has 1 fully saturated rings. The number of nitrogens with zero attached hydrogens (tertiary/aromatic N) is 1. The van der Waals surface area contributed by atoms with Gasteiger partial charge in [0.05, 0.1) is 11.5 Å². The number of fused-ring (bicyclic) bond motifs is 1. The summed E-state index contributed by atoms with van der Waals surface area (Å²) in [7, 11) is 0. The van der Waals surface area contributed by atoms with Gasteiger partial charge in [0, 0.05) is 23.5 Å². The molecule has 0 bridgehead atoms. The summed E-state index contributed by atoms with van der Waals surface area (Å²) in [6.45, 7) is 4.34. The van der Waals surface area contributed by atoms with E-state index in [0.29, 0.717) is 17.1 Å². The van der Waals surface area contributed by atoms with Crippen LogP contribution in [0.2, 0.25) is 0 Å². The van der Waals surface area contributed by atoms with Crippen LogP contribution in [-0.2, 0) is 22.4 Å². The van der Waals surface area contributed by atoms with Crippen LogP contribution in [0.15, 0.2) is 18.2 Å². The fraction of sp³-hybridized carbons (Fsp3) is 0.435. The second kappa shape index (κ2) is 8.22. The highest BCUT2D eigenvalue weighted by Gasteiger charge is 2.36. The maximum atomic E-state index is 13.0. The van der Waals surface area contributed by atoms with Crippen LogP contribution in [0.3, 0.4) is 0 Å². The molecule has 0 saturated carbocycles. The number of hydrogen-bond acceptors (Lipinski definition) is 4. The van der Waals surface area contributed by atoms with Gasteiger partial charge < -0.3 is 16.0 Å². The first-order valence-electron chi connectivity index (χ1n) is 10.5. The Morgan fingerprint density at radius 3 is 2.70 bits per heavy atom. The van der Waals surface area contributed by atoms with Gasteiger partial charge >= 0.3 is 0 Å². The van der Waals surface area contributed by atoms with Crippen molar-refractivity contribution in [2.24, 2.45) is 11.7 Å². The summed E-state index contributed by atoms with van der Waals surface area (Å²) in [5.41, 5.74) is 10.1. The Hall–Kier alpha value is -2.67. The normalized spacial score (nSPS) is 18.8. The number of aryl methyl sites for hydroxylation is 2. The minimum atomic E-state index is -0.496. The molecule has 6 nitrogen and oxygen atoms in total. The summed E-state index contributed by atoms with van der Waals surface area (Å²) in [4.78, 5) is 40.7. The van der Waals surface area contributed by atoms with Crippen molar-refractivity contribution in [3.05, 3.63) is 45.3 Å². The Bertz CT molecular complexity index is 1030. The molecule has 1 saturated heterocycles. The highest BCUT2D eigenvalue weighted by atomic mass is 32.1. The lowest BCUT2D eigenvalue weighted by Crippen LogP contribution is -2.29. The first-order valence-corrected chi connectivity index (χ1v) is 11.3. The molecule has 30 heavy (non-hydrogen) atoms. The number of carbonyl (C=O) groups excluding carboxylic acids is 3. The highest BCUT2D eigenvalue weighted by Crippen LogP contribution is 2.38. The molecule has 0 spiro atoms. The van der Waals surface area contributed by atoms with E-state index < -0.39 is 11.8 Å². The number of anilines is 2. The van der Waals surface area contributed by atoms with Gasteiger partial charge in [0.25, 0.3) is 5.91 Å². The number of thiophene rings is 1. The molecule has 1 unspecified atom stereocenters. The Labute approximate surface area is 180 Å². The van der Waals surface area contributed by atoms with E-state index in [2.05, 4.69) is 5.32 Å². The quantitative estimate of drug-likeness (QED) is 0.731. The van der Waals surface area contributed by atoms with Crippen LogP contribution < -0.4 is 16.0 Å². The number of nitrogens with one attached hydrogen (secondary N) is 1. The molecule has 1 aliphatic carbocycles. The van der Waals surface area contributed by atoms with Crippen LogP contribution >= 0.6 is 11.3 Å². The van der Waals surface area contributed by atoms with Crippen molar-refractivity contribution in [3.63, 3.8) is 0 Å². The molecule has 7 heteroatoms. The molecule has 1 aromatic heterocycles. The molecule has 3 amide bonds. The lowest BCUT2D eigenvalue weighted by molar-refractivity contribution is -0.122. The maximum absolute atomic E-state index is 13.0. The van der Waals surface area contributed by atoms with Crippen molar-refractivity contribution in [1.82, 2.24) is 0 Å². The number of primary amides is 1. The van der Waals surface area contributed by atoms with E-state index in [4.69, 9.17) is 5.73 Å². The van der Waals surface area contributed by atoms with E-state index >= 15 is 0 Å². The largest absolute Gasteiger partial charge is 0.365 e. The summed E-state index contributed by atoms with van der Waals surface area (Å²) >= 11 is 1.46. The SMILES string of the molecule is Cc1cccc(N2CC(C(=O)Nc3sc4c(c3C(N)=O)CCCCC4)CC2=O)c1C. The highest BCUT2D eigenvalue weighted by molar-refractivity contribution is 7.17. The molecule has 158 valence electrons. The van der Waals surface area contributed by atoms with E-state index in [1.165, 1.54) is 11.3 Å². The number of carbonyl (C=O) groups is 3. The number of hydrogen-bond donors (Lipinski definition) is 2. The molecular weight excluding hydrogens is 398 g/mol. The van der Waals surface area contributed by atoms with Gasteiger partial charge in [0.15, 0.2) is 0 Å². The van der Waals surface area contributed by atoms with Crippen molar-refractivity contribution >= 4 is 39.7 Å². The van der Waals surface area contributed by atoms with Crippen LogP contribution in [0.4, 0.5) is 10.7 Å². The number of benzene rings is 1. The smallest absolute Gasteiger partial charge is 0.251 e. The lowest BCUT2D eigenvalue weighted by Gasteiger charge is -2.20. The topological polar surface area (TPSA) is 92.5 Å². The van der Waals surface area contributed by atoms with E-state index in [1.54, 1.807) is 4.90 Å². The summed E-state index contributed by atoms with van der Waals surface area (Å²) in [6.07, 6.45) is 5.15. The summed E-state index contributed by atoms with van der Waals surface area (Å²) < 4.78 is 0. The Morgan fingerprint density at radius 1 is 1.17 bits per heavy atom. The van der Waals surface area contributed by atoms with Crippen molar-refractivity contribution < 1.29 is 14.4 Å². The van der Waals surface area contributed by atoms with Crippen LogP contribution in [0.5, 0.6) is 0 Å². The van der Waals surface area contributed by atoms with Gasteiger partial charge in [-0.3, -0.25) is 14.4 Å². The average molecular weight is 426 g/mol. The van der Waals surface area contributed by atoms with Crippen LogP contribution in [0.1, 0.15) is 57.6 Å². The second-order valence-corrected chi connectivity index (χ2v) is 9.35. The van der Waals surface area contributed by atoms with E-state index in [1.807, 2.05) is 32.0 Å². The van der Waals surface area contributed by atoms with Gasteiger partial charge in [-0.2, -0.15) is 0 Å². The van der Waals surface area contributed by atoms with Crippen molar-refractivity contribution in [1.29, 1.82) is 0 Å². The summed E-state index contributed by atoms with van der Waals surface area (Å²) in [6, 6.07) is 5.86.